The molecule has 0 bridgehead atoms. The number of hydrogen-bond acceptors (Lipinski definition) is 3. The molecule has 2 amide bonds. The summed E-state index contributed by atoms with van der Waals surface area (Å²) in [5.74, 6) is -0.592. The first kappa shape index (κ1) is 17.5. The summed E-state index contributed by atoms with van der Waals surface area (Å²) >= 11 is 5.91. The molecule has 0 atom stereocenters. The number of carbonyl (C=O) groups is 2. The third kappa shape index (κ3) is 4.72. The zero-order chi connectivity index (χ0) is 15.9. The van der Waals surface area contributed by atoms with Crippen LogP contribution in [0.3, 0.4) is 0 Å². The number of halogens is 1. The number of rotatable bonds is 7. The van der Waals surface area contributed by atoms with Gasteiger partial charge in [-0.1, -0.05) is 37.6 Å². The molecule has 1 aromatic carbocycles. The third-order valence-electron chi connectivity index (χ3n) is 3.61. The molecule has 21 heavy (non-hydrogen) atoms. The van der Waals surface area contributed by atoms with E-state index in [9.17, 15) is 9.59 Å². The van der Waals surface area contributed by atoms with Gasteiger partial charge in [-0.2, -0.15) is 0 Å². The highest BCUT2D eigenvalue weighted by Gasteiger charge is 2.30. The number of hydrogen-bond donors (Lipinski definition) is 3. The summed E-state index contributed by atoms with van der Waals surface area (Å²) in [6.07, 6.45) is 1.48. The van der Waals surface area contributed by atoms with Crippen LogP contribution in [0, 0.1) is 0 Å². The van der Waals surface area contributed by atoms with Crippen molar-refractivity contribution < 1.29 is 9.59 Å². The quantitative estimate of drug-likeness (QED) is 0.714. The molecule has 0 radical (unpaired) electrons. The van der Waals surface area contributed by atoms with Gasteiger partial charge in [0.2, 0.25) is 11.8 Å². The average Bonchev–Trinajstić information content (AvgIpc) is 2.51. The average molecular weight is 312 g/mol. The van der Waals surface area contributed by atoms with Crippen LogP contribution in [0.2, 0.25) is 5.02 Å². The summed E-state index contributed by atoms with van der Waals surface area (Å²) in [6.45, 7) is 3.82. The lowest BCUT2D eigenvalue weighted by Gasteiger charge is -2.33. The van der Waals surface area contributed by atoms with E-state index in [2.05, 4.69) is 10.6 Å². The molecule has 0 unspecified atom stereocenters. The van der Waals surface area contributed by atoms with Crippen LogP contribution in [0.1, 0.15) is 32.3 Å². The Hall–Kier alpha value is -1.59. The largest absolute Gasteiger partial charge is 0.346 e. The third-order valence-corrected chi connectivity index (χ3v) is 3.87. The van der Waals surface area contributed by atoms with E-state index in [-0.39, 0.29) is 24.9 Å². The van der Waals surface area contributed by atoms with Crippen molar-refractivity contribution in [1.29, 1.82) is 0 Å². The van der Waals surface area contributed by atoms with E-state index in [1.54, 1.807) is 12.1 Å². The predicted octanol–water partition coefficient (Wildman–Crippen LogP) is 1.55. The van der Waals surface area contributed by atoms with Crippen molar-refractivity contribution in [2.45, 2.75) is 32.2 Å². The fraction of sp³-hybridized carbons (Fsp3) is 0.467. The van der Waals surface area contributed by atoms with Crippen LogP contribution in [0.15, 0.2) is 24.3 Å². The first-order valence-corrected chi connectivity index (χ1v) is 7.39. The maximum Gasteiger partial charge on any atom is 0.240 e. The normalized spacial score (nSPS) is 11.0. The highest BCUT2D eigenvalue weighted by molar-refractivity contribution is 6.30. The van der Waals surface area contributed by atoms with E-state index in [0.29, 0.717) is 5.02 Å². The summed E-state index contributed by atoms with van der Waals surface area (Å²) in [6, 6.07) is 7.43. The first-order valence-electron chi connectivity index (χ1n) is 7.01. The minimum absolute atomic E-state index is 0.0780. The van der Waals surface area contributed by atoms with Gasteiger partial charge < -0.3 is 16.4 Å². The Bertz CT molecular complexity index is 484. The molecule has 4 N–H and O–H groups in total. The summed E-state index contributed by atoms with van der Waals surface area (Å²) in [5.41, 5.74) is 5.72. The molecule has 0 aliphatic rings. The van der Waals surface area contributed by atoms with Crippen molar-refractivity contribution in [2.24, 2.45) is 5.73 Å². The zero-order valence-corrected chi connectivity index (χ0v) is 13.2. The molecule has 0 aliphatic heterocycles. The molecule has 0 aromatic heterocycles. The first-order chi connectivity index (χ1) is 9.97. The van der Waals surface area contributed by atoms with Gasteiger partial charge in [-0.25, -0.2) is 0 Å². The van der Waals surface area contributed by atoms with Gasteiger partial charge in [0.05, 0.1) is 18.6 Å². The van der Waals surface area contributed by atoms with Crippen molar-refractivity contribution in [3.63, 3.8) is 0 Å². The fourth-order valence-corrected chi connectivity index (χ4v) is 2.36. The van der Waals surface area contributed by atoms with Crippen molar-refractivity contribution in [1.82, 2.24) is 10.6 Å². The molecular formula is C15H22ClN3O2. The SMILES string of the molecule is CCC(CC)(NC(=O)CNC(=O)CN)c1ccc(Cl)cc1. The maximum atomic E-state index is 12.0. The van der Waals surface area contributed by atoms with Gasteiger partial charge in [0.1, 0.15) is 0 Å². The highest BCUT2D eigenvalue weighted by atomic mass is 35.5. The van der Waals surface area contributed by atoms with Crippen molar-refractivity contribution in [2.75, 3.05) is 13.1 Å². The highest BCUT2D eigenvalue weighted by Crippen LogP contribution is 2.29. The Morgan fingerprint density at radius 1 is 1.14 bits per heavy atom. The van der Waals surface area contributed by atoms with Gasteiger partial charge in [0.25, 0.3) is 0 Å². The van der Waals surface area contributed by atoms with Crippen LogP contribution >= 0.6 is 11.6 Å². The van der Waals surface area contributed by atoms with Crippen LogP contribution in [0.4, 0.5) is 0 Å². The van der Waals surface area contributed by atoms with Gasteiger partial charge in [-0.3, -0.25) is 9.59 Å². The molecule has 0 saturated carbocycles. The predicted molar refractivity (Wildman–Crippen MR) is 83.9 cm³/mol. The second kappa shape index (κ2) is 8.00. The van der Waals surface area contributed by atoms with Gasteiger partial charge in [0, 0.05) is 5.02 Å². The number of nitrogens with one attached hydrogen (secondary N) is 2. The van der Waals surface area contributed by atoms with E-state index in [1.807, 2.05) is 26.0 Å². The van der Waals surface area contributed by atoms with E-state index in [0.717, 1.165) is 18.4 Å². The van der Waals surface area contributed by atoms with Crippen molar-refractivity contribution in [3.05, 3.63) is 34.9 Å². The van der Waals surface area contributed by atoms with Crippen molar-refractivity contribution in [3.8, 4) is 0 Å². The molecule has 0 saturated heterocycles. The molecule has 0 spiro atoms. The van der Waals surface area contributed by atoms with Crippen LogP contribution < -0.4 is 16.4 Å². The molecule has 116 valence electrons. The molecular weight excluding hydrogens is 290 g/mol. The minimum atomic E-state index is -0.463. The van der Waals surface area contributed by atoms with Crippen LogP contribution in [-0.4, -0.2) is 24.9 Å². The Morgan fingerprint density at radius 3 is 2.19 bits per heavy atom. The van der Waals surface area contributed by atoms with Crippen molar-refractivity contribution >= 4 is 23.4 Å². The van der Waals surface area contributed by atoms with Crippen LogP contribution in [-0.2, 0) is 15.1 Å². The second-order valence-electron chi connectivity index (χ2n) is 4.83. The van der Waals surface area contributed by atoms with E-state index in [1.165, 1.54) is 0 Å². The number of amides is 2. The fourth-order valence-electron chi connectivity index (χ4n) is 2.24. The smallest absolute Gasteiger partial charge is 0.240 e. The molecule has 0 fully saturated rings. The van der Waals surface area contributed by atoms with Gasteiger partial charge >= 0.3 is 0 Å². The molecule has 1 aromatic rings. The van der Waals surface area contributed by atoms with Crippen LogP contribution in [0.5, 0.6) is 0 Å². The van der Waals surface area contributed by atoms with E-state index >= 15 is 0 Å². The molecule has 0 heterocycles. The maximum absolute atomic E-state index is 12.0. The number of benzene rings is 1. The topological polar surface area (TPSA) is 84.2 Å². The van der Waals surface area contributed by atoms with Gasteiger partial charge in [-0.15, -0.1) is 0 Å². The summed E-state index contributed by atoms with van der Waals surface area (Å²) in [5, 5.41) is 6.13. The second-order valence-corrected chi connectivity index (χ2v) is 5.26. The lowest BCUT2D eigenvalue weighted by atomic mass is 9.84. The summed E-state index contributed by atoms with van der Waals surface area (Å²) in [4.78, 5) is 23.1. The Balaban J connectivity index is 2.83. The summed E-state index contributed by atoms with van der Waals surface area (Å²) < 4.78 is 0. The number of carbonyl (C=O) groups excluding carboxylic acids is 2. The Morgan fingerprint density at radius 2 is 1.71 bits per heavy atom. The lowest BCUT2D eigenvalue weighted by Crippen LogP contribution is -2.49. The molecule has 0 aliphatic carbocycles. The number of nitrogens with two attached hydrogens (primary N) is 1. The minimum Gasteiger partial charge on any atom is -0.346 e. The zero-order valence-electron chi connectivity index (χ0n) is 12.4. The standard InChI is InChI=1S/C15H22ClN3O2/c1-3-15(4-2,11-5-7-12(16)8-6-11)19-14(21)10-18-13(20)9-17/h5-8H,3-4,9-10,17H2,1-2H3,(H,18,20)(H,19,21). The van der Waals surface area contributed by atoms with Gasteiger partial charge in [-0.05, 0) is 30.5 Å². The van der Waals surface area contributed by atoms with E-state index in [4.69, 9.17) is 17.3 Å². The van der Waals surface area contributed by atoms with Crippen LogP contribution in [0.25, 0.3) is 0 Å². The monoisotopic (exact) mass is 311 g/mol. The molecule has 1 rings (SSSR count). The Labute approximate surface area is 130 Å². The summed E-state index contributed by atoms with van der Waals surface area (Å²) in [7, 11) is 0. The van der Waals surface area contributed by atoms with E-state index < -0.39 is 5.54 Å². The molecule has 5 nitrogen and oxygen atoms in total. The Kier molecular flexibility index (Phi) is 6.65. The lowest BCUT2D eigenvalue weighted by molar-refractivity contribution is -0.126. The molecule has 6 heteroatoms. The van der Waals surface area contributed by atoms with Gasteiger partial charge in [0.15, 0.2) is 0 Å².